The van der Waals surface area contributed by atoms with E-state index in [4.69, 9.17) is 4.74 Å². The minimum absolute atomic E-state index is 0.620. The Hall–Kier alpha value is -1.28. The van der Waals surface area contributed by atoms with Gasteiger partial charge in [0.05, 0.1) is 6.61 Å². The highest BCUT2D eigenvalue weighted by Gasteiger charge is 2.01. The van der Waals surface area contributed by atoms with Gasteiger partial charge in [-0.05, 0) is 50.8 Å². The summed E-state index contributed by atoms with van der Waals surface area (Å²) >= 11 is 0. The number of para-hydroxylation sites is 1. The topological polar surface area (TPSA) is 21.3 Å². The van der Waals surface area contributed by atoms with Crippen LogP contribution in [0.1, 0.15) is 38.7 Å². The third-order valence-corrected chi connectivity index (χ3v) is 3.27. The van der Waals surface area contributed by atoms with E-state index in [9.17, 15) is 0 Å². The molecule has 106 valence electrons. The normalized spacial score (nSPS) is 12.1. The number of benzene rings is 1. The van der Waals surface area contributed by atoms with Crippen LogP contribution in [-0.4, -0.2) is 19.2 Å². The van der Waals surface area contributed by atoms with Crippen molar-refractivity contribution >= 4 is 0 Å². The van der Waals surface area contributed by atoms with E-state index in [1.807, 2.05) is 24.3 Å². The fraction of sp³-hybridized carbons (Fsp3) is 0.529. The van der Waals surface area contributed by atoms with Gasteiger partial charge in [0.2, 0.25) is 0 Å². The molecule has 0 aliphatic carbocycles. The highest BCUT2D eigenvalue weighted by molar-refractivity contribution is 5.34. The minimum Gasteiger partial charge on any atom is -0.493 e. The van der Waals surface area contributed by atoms with Gasteiger partial charge in [-0.3, -0.25) is 0 Å². The molecule has 1 aromatic carbocycles. The second kappa shape index (κ2) is 9.62. The van der Waals surface area contributed by atoms with E-state index in [0.717, 1.165) is 38.2 Å². The van der Waals surface area contributed by atoms with E-state index in [2.05, 4.69) is 31.8 Å². The van der Waals surface area contributed by atoms with Crippen LogP contribution in [0.4, 0.5) is 0 Å². The summed E-state index contributed by atoms with van der Waals surface area (Å²) in [5.74, 6) is 0.997. The van der Waals surface area contributed by atoms with Gasteiger partial charge in [0, 0.05) is 6.04 Å². The van der Waals surface area contributed by atoms with E-state index in [0.29, 0.717) is 6.04 Å². The Balaban J connectivity index is 2.20. The highest BCUT2D eigenvalue weighted by Crippen LogP contribution is 2.18. The lowest BCUT2D eigenvalue weighted by atomic mass is 10.1. The number of allylic oxidation sites excluding steroid dienone is 1. The number of hydrogen-bond acceptors (Lipinski definition) is 2. The lowest BCUT2D eigenvalue weighted by Crippen LogP contribution is -2.26. The fourth-order valence-electron chi connectivity index (χ4n) is 1.87. The molecule has 0 aliphatic heterocycles. The van der Waals surface area contributed by atoms with Crippen LogP contribution in [0.25, 0.3) is 0 Å². The zero-order valence-electron chi connectivity index (χ0n) is 12.3. The lowest BCUT2D eigenvalue weighted by Gasteiger charge is -2.12. The van der Waals surface area contributed by atoms with Crippen molar-refractivity contribution in [1.29, 1.82) is 0 Å². The van der Waals surface area contributed by atoms with Gasteiger partial charge in [-0.15, -0.1) is 6.58 Å². The molecule has 0 saturated carbocycles. The summed E-state index contributed by atoms with van der Waals surface area (Å²) in [5, 5.41) is 3.49. The Morgan fingerprint density at radius 3 is 2.84 bits per heavy atom. The molecule has 0 amide bonds. The van der Waals surface area contributed by atoms with Gasteiger partial charge in [0.25, 0.3) is 0 Å². The van der Waals surface area contributed by atoms with Gasteiger partial charge in [-0.2, -0.15) is 0 Å². The van der Waals surface area contributed by atoms with Gasteiger partial charge in [-0.25, -0.2) is 0 Å². The Morgan fingerprint density at radius 1 is 1.32 bits per heavy atom. The van der Waals surface area contributed by atoms with Gasteiger partial charge < -0.3 is 10.1 Å². The first kappa shape index (κ1) is 15.8. The molecule has 0 aliphatic rings. The number of rotatable bonds is 10. The maximum absolute atomic E-state index is 5.85. The van der Waals surface area contributed by atoms with Gasteiger partial charge in [0.15, 0.2) is 0 Å². The highest BCUT2D eigenvalue weighted by atomic mass is 16.5. The van der Waals surface area contributed by atoms with Gasteiger partial charge in [0.1, 0.15) is 5.75 Å². The summed E-state index contributed by atoms with van der Waals surface area (Å²) in [6.07, 6.45) is 6.22. The average molecular weight is 261 g/mol. The first-order chi connectivity index (χ1) is 9.27. The molecule has 1 rings (SSSR count). The van der Waals surface area contributed by atoms with Crippen LogP contribution in [0.2, 0.25) is 0 Å². The minimum atomic E-state index is 0.620. The van der Waals surface area contributed by atoms with E-state index in [-0.39, 0.29) is 0 Å². The third kappa shape index (κ3) is 6.44. The van der Waals surface area contributed by atoms with Crippen molar-refractivity contribution in [2.45, 2.75) is 45.6 Å². The van der Waals surface area contributed by atoms with Crippen molar-refractivity contribution in [2.24, 2.45) is 0 Å². The van der Waals surface area contributed by atoms with E-state index >= 15 is 0 Å². The van der Waals surface area contributed by atoms with Crippen molar-refractivity contribution < 1.29 is 4.74 Å². The SMILES string of the molecule is C=CCc1ccccc1OCCCCNC(C)CC. The van der Waals surface area contributed by atoms with Crippen molar-refractivity contribution in [3.8, 4) is 5.75 Å². The Bertz CT molecular complexity index is 362. The molecule has 0 heterocycles. The van der Waals surface area contributed by atoms with Crippen LogP contribution >= 0.6 is 0 Å². The maximum Gasteiger partial charge on any atom is 0.122 e. The Labute approximate surface area is 117 Å². The summed E-state index contributed by atoms with van der Waals surface area (Å²) < 4.78 is 5.85. The van der Waals surface area contributed by atoms with Crippen LogP contribution in [0.5, 0.6) is 5.75 Å². The molecule has 0 spiro atoms. The summed E-state index contributed by atoms with van der Waals surface area (Å²) in [5.41, 5.74) is 1.22. The molecule has 1 atom stereocenters. The number of unbranched alkanes of at least 4 members (excludes halogenated alkanes) is 1. The first-order valence-electron chi connectivity index (χ1n) is 7.33. The largest absolute Gasteiger partial charge is 0.493 e. The van der Waals surface area contributed by atoms with E-state index < -0.39 is 0 Å². The standard InChI is InChI=1S/C17H27NO/c1-4-10-16-11-6-7-12-17(16)19-14-9-8-13-18-15(3)5-2/h4,6-7,11-12,15,18H,1,5,8-10,13-14H2,2-3H3. The Kier molecular flexibility index (Phi) is 7.99. The van der Waals surface area contributed by atoms with Gasteiger partial charge in [-0.1, -0.05) is 31.2 Å². The van der Waals surface area contributed by atoms with Crippen LogP contribution in [-0.2, 0) is 6.42 Å². The van der Waals surface area contributed by atoms with Crippen LogP contribution in [0.15, 0.2) is 36.9 Å². The molecular weight excluding hydrogens is 234 g/mol. The summed E-state index contributed by atoms with van der Waals surface area (Å²) in [6.45, 7) is 10.1. The Morgan fingerprint density at radius 2 is 2.11 bits per heavy atom. The monoisotopic (exact) mass is 261 g/mol. The predicted molar refractivity (Wildman–Crippen MR) is 82.8 cm³/mol. The maximum atomic E-state index is 5.85. The summed E-state index contributed by atoms with van der Waals surface area (Å²) in [4.78, 5) is 0. The predicted octanol–water partition coefficient (Wildman–Crippen LogP) is 3.96. The quantitative estimate of drug-likeness (QED) is 0.508. The summed E-state index contributed by atoms with van der Waals surface area (Å²) in [6, 6.07) is 8.82. The molecule has 0 saturated heterocycles. The van der Waals surface area contributed by atoms with Gasteiger partial charge >= 0.3 is 0 Å². The van der Waals surface area contributed by atoms with Crippen LogP contribution in [0.3, 0.4) is 0 Å². The summed E-state index contributed by atoms with van der Waals surface area (Å²) in [7, 11) is 0. The number of hydrogen-bond donors (Lipinski definition) is 1. The second-order valence-corrected chi connectivity index (χ2v) is 4.92. The number of nitrogens with one attached hydrogen (secondary N) is 1. The molecule has 0 radical (unpaired) electrons. The fourth-order valence-corrected chi connectivity index (χ4v) is 1.87. The molecule has 0 aromatic heterocycles. The van der Waals surface area contributed by atoms with Crippen molar-refractivity contribution in [3.63, 3.8) is 0 Å². The molecule has 0 fully saturated rings. The van der Waals surface area contributed by atoms with E-state index in [1.165, 1.54) is 12.0 Å². The van der Waals surface area contributed by atoms with Crippen molar-refractivity contribution in [2.75, 3.05) is 13.2 Å². The molecule has 1 N–H and O–H groups in total. The van der Waals surface area contributed by atoms with Crippen molar-refractivity contribution in [3.05, 3.63) is 42.5 Å². The van der Waals surface area contributed by atoms with Crippen LogP contribution in [0, 0.1) is 0 Å². The second-order valence-electron chi connectivity index (χ2n) is 4.92. The zero-order valence-corrected chi connectivity index (χ0v) is 12.3. The average Bonchev–Trinajstić information content (AvgIpc) is 2.44. The molecule has 1 unspecified atom stereocenters. The van der Waals surface area contributed by atoms with Crippen LogP contribution < -0.4 is 10.1 Å². The molecule has 0 bridgehead atoms. The third-order valence-electron chi connectivity index (χ3n) is 3.27. The lowest BCUT2D eigenvalue weighted by molar-refractivity contribution is 0.302. The first-order valence-corrected chi connectivity index (χ1v) is 7.33. The van der Waals surface area contributed by atoms with E-state index in [1.54, 1.807) is 0 Å². The molecule has 19 heavy (non-hydrogen) atoms. The molecule has 2 nitrogen and oxygen atoms in total. The number of ether oxygens (including phenoxy) is 1. The molecule has 2 heteroatoms. The molecule has 1 aromatic rings. The zero-order chi connectivity index (χ0) is 13.9. The molecular formula is C17H27NO. The smallest absolute Gasteiger partial charge is 0.122 e. The van der Waals surface area contributed by atoms with Crippen molar-refractivity contribution in [1.82, 2.24) is 5.32 Å².